The predicted octanol–water partition coefficient (Wildman–Crippen LogP) is 3.36. The van der Waals surface area contributed by atoms with Crippen molar-refractivity contribution >= 4 is 23.7 Å². The van der Waals surface area contributed by atoms with Crippen molar-refractivity contribution in [2.24, 2.45) is 0 Å². The Hall–Kier alpha value is -4.47. The summed E-state index contributed by atoms with van der Waals surface area (Å²) in [4.78, 5) is 24.8. The number of rotatable bonds is 7. The van der Waals surface area contributed by atoms with Gasteiger partial charge in [-0.05, 0) is 35.5 Å². The van der Waals surface area contributed by atoms with Crippen molar-refractivity contribution in [1.82, 2.24) is 20.2 Å². The van der Waals surface area contributed by atoms with Crippen molar-refractivity contribution in [1.29, 1.82) is 0 Å². The van der Waals surface area contributed by atoms with Crippen molar-refractivity contribution < 1.29 is 27.9 Å². The Morgan fingerprint density at radius 1 is 1.16 bits per heavy atom. The molecule has 0 fully saturated rings. The van der Waals surface area contributed by atoms with E-state index in [0.29, 0.717) is 22.7 Å². The molecule has 3 heterocycles. The third-order valence-electron chi connectivity index (χ3n) is 4.45. The number of hydrogen-bond donors (Lipinski definition) is 0. The number of aromatic nitrogens is 4. The second kappa shape index (κ2) is 9.13. The van der Waals surface area contributed by atoms with E-state index in [1.165, 1.54) is 24.1 Å². The van der Waals surface area contributed by atoms with Crippen molar-refractivity contribution in [2.45, 2.75) is 13.5 Å². The quantitative estimate of drug-likeness (QED) is 0.318. The normalized spacial score (nSPS) is 11.4. The number of ether oxygens (including phenoxy) is 2. The minimum atomic E-state index is -0.723. The standard InChI is InChI=1S/C22H18N4O6/c1-14-11-17(32-19(14)22(28)29-2)13-31-21(27)18(12-16-9-6-10-30-16)26-20(23-24-25-26)15-7-4-3-5-8-15/h3-12H,13H2,1-2H3/b18-12-. The van der Waals surface area contributed by atoms with E-state index in [1.54, 1.807) is 25.1 Å². The first-order valence-corrected chi connectivity index (χ1v) is 9.51. The molecule has 0 radical (unpaired) electrons. The topological polar surface area (TPSA) is 122 Å². The highest BCUT2D eigenvalue weighted by atomic mass is 16.6. The van der Waals surface area contributed by atoms with E-state index < -0.39 is 11.9 Å². The number of benzene rings is 1. The summed E-state index contributed by atoms with van der Waals surface area (Å²) in [5.74, 6) is -0.236. The van der Waals surface area contributed by atoms with Gasteiger partial charge in [0.1, 0.15) is 18.1 Å². The summed E-state index contributed by atoms with van der Waals surface area (Å²) in [5.41, 5.74) is 1.31. The number of furan rings is 2. The molecule has 1 aromatic carbocycles. The van der Waals surface area contributed by atoms with E-state index in [2.05, 4.69) is 20.3 Å². The average molecular weight is 434 g/mol. The van der Waals surface area contributed by atoms with E-state index in [4.69, 9.17) is 13.6 Å². The van der Waals surface area contributed by atoms with Gasteiger partial charge in [0.15, 0.2) is 11.5 Å². The van der Waals surface area contributed by atoms with Crippen LogP contribution in [0.25, 0.3) is 23.2 Å². The Labute approximate surface area is 182 Å². The summed E-state index contributed by atoms with van der Waals surface area (Å²) in [6.07, 6.45) is 2.95. The van der Waals surface area contributed by atoms with Crippen molar-refractivity contribution in [3.63, 3.8) is 0 Å². The molecule has 0 saturated carbocycles. The van der Waals surface area contributed by atoms with Crippen LogP contribution in [0.4, 0.5) is 0 Å². The summed E-state index contributed by atoms with van der Waals surface area (Å²) in [6, 6.07) is 14.1. The molecule has 10 heteroatoms. The SMILES string of the molecule is COC(=O)c1oc(COC(=O)/C(=C/c2ccco2)n2nnnc2-c2ccccc2)cc1C. The minimum Gasteiger partial charge on any atom is -0.465 e. The van der Waals surface area contributed by atoms with Crippen molar-refractivity contribution in [2.75, 3.05) is 7.11 Å². The van der Waals surface area contributed by atoms with E-state index >= 15 is 0 Å². The Bertz CT molecular complexity index is 1250. The van der Waals surface area contributed by atoms with Crippen LogP contribution in [-0.4, -0.2) is 39.3 Å². The Morgan fingerprint density at radius 2 is 1.97 bits per heavy atom. The third kappa shape index (κ3) is 4.33. The number of aryl methyl sites for hydroxylation is 1. The Morgan fingerprint density at radius 3 is 2.69 bits per heavy atom. The maximum Gasteiger partial charge on any atom is 0.374 e. The van der Waals surface area contributed by atoms with Gasteiger partial charge in [0.05, 0.1) is 13.4 Å². The summed E-state index contributed by atoms with van der Waals surface area (Å²) in [7, 11) is 1.26. The van der Waals surface area contributed by atoms with E-state index in [0.717, 1.165) is 0 Å². The maximum atomic E-state index is 13.0. The van der Waals surface area contributed by atoms with Gasteiger partial charge in [-0.2, -0.15) is 4.68 Å². The van der Waals surface area contributed by atoms with E-state index in [1.807, 2.05) is 30.3 Å². The highest BCUT2D eigenvalue weighted by Gasteiger charge is 2.22. The van der Waals surface area contributed by atoms with Gasteiger partial charge in [-0.15, -0.1) is 5.10 Å². The zero-order chi connectivity index (χ0) is 22.5. The van der Waals surface area contributed by atoms with E-state index in [9.17, 15) is 9.59 Å². The first-order chi connectivity index (χ1) is 15.6. The molecule has 0 atom stereocenters. The zero-order valence-electron chi connectivity index (χ0n) is 17.2. The highest BCUT2D eigenvalue weighted by molar-refractivity contribution is 6.15. The van der Waals surface area contributed by atoms with Crippen LogP contribution < -0.4 is 0 Å². The molecule has 0 aliphatic carbocycles. The van der Waals surface area contributed by atoms with Crippen LogP contribution in [-0.2, 0) is 20.9 Å². The van der Waals surface area contributed by atoms with Crippen molar-refractivity contribution in [3.05, 3.63) is 77.6 Å². The van der Waals surface area contributed by atoms with Gasteiger partial charge < -0.3 is 18.3 Å². The fourth-order valence-corrected chi connectivity index (χ4v) is 2.96. The lowest BCUT2D eigenvalue weighted by molar-refractivity contribution is -0.138. The molecule has 162 valence electrons. The van der Waals surface area contributed by atoms with Gasteiger partial charge in [-0.3, -0.25) is 0 Å². The summed E-state index contributed by atoms with van der Waals surface area (Å²) >= 11 is 0. The Kier molecular flexibility index (Phi) is 5.93. The second-order valence-electron chi connectivity index (χ2n) is 6.62. The summed E-state index contributed by atoms with van der Waals surface area (Å²) in [5, 5.41) is 11.7. The maximum absolute atomic E-state index is 13.0. The van der Waals surface area contributed by atoms with Crippen LogP contribution in [0, 0.1) is 6.92 Å². The molecule has 0 bridgehead atoms. The molecule has 0 amide bonds. The fraction of sp³-hybridized carbons (Fsp3) is 0.136. The van der Waals surface area contributed by atoms with Gasteiger partial charge in [-0.1, -0.05) is 30.3 Å². The van der Waals surface area contributed by atoms with Crippen LogP contribution in [0.3, 0.4) is 0 Å². The lowest BCUT2D eigenvalue weighted by atomic mass is 10.2. The molecule has 0 saturated heterocycles. The molecule has 3 aromatic heterocycles. The predicted molar refractivity (Wildman–Crippen MR) is 111 cm³/mol. The van der Waals surface area contributed by atoms with E-state index in [-0.39, 0.29) is 23.8 Å². The largest absolute Gasteiger partial charge is 0.465 e. The van der Waals surface area contributed by atoms with Crippen LogP contribution in [0.2, 0.25) is 0 Å². The molecule has 10 nitrogen and oxygen atoms in total. The number of methoxy groups -OCH3 is 1. The van der Waals surface area contributed by atoms with Crippen LogP contribution in [0.1, 0.15) is 27.6 Å². The molecular weight excluding hydrogens is 416 g/mol. The van der Waals surface area contributed by atoms with Gasteiger partial charge in [0.2, 0.25) is 5.76 Å². The number of carbonyl (C=O) groups excluding carboxylic acids is 2. The zero-order valence-corrected chi connectivity index (χ0v) is 17.2. The number of esters is 2. The lowest BCUT2D eigenvalue weighted by Gasteiger charge is -2.09. The molecule has 0 spiro atoms. The van der Waals surface area contributed by atoms with Crippen molar-refractivity contribution in [3.8, 4) is 11.4 Å². The molecule has 4 aromatic rings. The Balaban J connectivity index is 1.62. The number of carbonyl (C=O) groups is 2. The monoisotopic (exact) mass is 434 g/mol. The highest BCUT2D eigenvalue weighted by Crippen LogP contribution is 2.22. The number of nitrogens with zero attached hydrogens (tertiary/aromatic N) is 4. The first kappa shape index (κ1) is 20.8. The van der Waals surface area contributed by atoms with Gasteiger partial charge in [0.25, 0.3) is 0 Å². The second-order valence-corrected chi connectivity index (χ2v) is 6.62. The fourth-order valence-electron chi connectivity index (χ4n) is 2.96. The smallest absolute Gasteiger partial charge is 0.374 e. The van der Waals surface area contributed by atoms with Gasteiger partial charge in [-0.25, -0.2) is 9.59 Å². The van der Waals surface area contributed by atoms with Crippen LogP contribution in [0.15, 0.2) is 63.6 Å². The molecule has 0 unspecified atom stereocenters. The molecule has 0 aliphatic heterocycles. The average Bonchev–Trinajstić information content (AvgIpc) is 3.57. The third-order valence-corrected chi connectivity index (χ3v) is 4.45. The summed E-state index contributed by atoms with van der Waals surface area (Å²) < 4.78 is 22.2. The molecule has 32 heavy (non-hydrogen) atoms. The lowest BCUT2D eigenvalue weighted by Crippen LogP contribution is -2.14. The molecular formula is C22H18N4O6. The number of tetrazole rings is 1. The van der Waals surface area contributed by atoms with Gasteiger partial charge in [0, 0.05) is 17.2 Å². The van der Waals surface area contributed by atoms with Crippen LogP contribution >= 0.6 is 0 Å². The molecule has 0 N–H and O–H groups in total. The van der Waals surface area contributed by atoms with Gasteiger partial charge >= 0.3 is 11.9 Å². The first-order valence-electron chi connectivity index (χ1n) is 9.51. The van der Waals surface area contributed by atoms with Crippen LogP contribution in [0.5, 0.6) is 0 Å². The summed E-state index contributed by atoms with van der Waals surface area (Å²) in [6.45, 7) is 1.48. The number of hydrogen-bond acceptors (Lipinski definition) is 9. The minimum absolute atomic E-state index is 0.0280. The molecule has 0 aliphatic rings. The molecule has 4 rings (SSSR count).